The van der Waals surface area contributed by atoms with Gasteiger partial charge in [0.05, 0.1) is 15.2 Å². The number of fused-ring (bicyclic) bond motifs is 1. The van der Waals surface area contributed by atoms with Crippen molar-refractivity contribution in [1.29, 1.82) is 0 Å². The SMILES string of the molecule is Cc1c(C(=O)NC2CCCCC2)sc2nc(SCc3cccc([N+](=O)[O-])c3)n(CCc3ccccc3)c(=O)c12. The van der Waals surface area contributed by atoms with E-state index in [0.717, 1.165) is 36.8 Å². The zero-order valence-corrected chi connectivity index (χ0v) is 23.4. The minimum Gasteiger partial charge on any atom is -0.349 e. The van der Waals surface area contributed by atoms with Crippen LogP contribution in [0.4, 0.5) is 5.69 Å². The molecule has 1 saturated carbocycles. The number of carbonyl (C=O) groups is 1. The third-order valence-electron chi connectivity index (χ3n) is 7.12. The smallest absolute Gasteiger partial charge is 0.269 e. The number of aryl methyl sites for hydroxylation is 2. The molecular formula is C29H30N4O4S2. The van der Waals surface area contributed by atoms with Crippen molar-refractivity contribution in [2.75, 3.05) is 0 Å². The first-order valence-corrected chi connectivity index (χ1v) is 15.0. The Kier molecular flexibility index (Phi) is 8.42. The van der Waals surface area contributed by atoms with Gasteiger partial charge in [-0.05, 0) is 42.9 Å². The second-order valence-corrected chi connectivity index (χ2v) is 11.8. The van der Waals surface area contributed by atoms with Gasteiger partial charge in [0.25, 0.3) is 17.2 Å². The van der Waals surface area contributed by atoms with Crippen LogP contribution in [0.25, 0.3) is 10.2 Å². The Morgan fingerprint density at radius 1 is 1.13 bits per heavy atom. The van der Waals surface area contributed by atoms with E-state index in [4.69, 9.17) is 4.98 Å². The fourth-order valence-electron chi connectivity index (χ4n) is 5.01. The molecule has 10 heteroatoms. The number of benzene rings is 2. The van der Waals surface area contributed by atoms with E-state index in [0.29, 0.717) is 44.5 Å². The first-order chi connectivity index (χ1) is 18.9. The fourth-order valence-corrected chi connectivity index (χ4v) is 7.11. The molecule has 0 radical (unpaired) electrons. The van der Waals surface area contributed by atoms with Crippen LogP contribution in [0.15, 0.2) is 64.5 Å². The van der Waals surface area contributed by atoms with Crippen LogP contribution in [0.2, 0.25) is 0 Å². The second-order valence-electron chi connectivity index (χ2n) is 9.85. The molecule has 0 atom stereocenters. The van der Waals surface area contributed by atoms with Crippen LogP contribution in [0.5, 0.6) is 0 Å². The molecule has 5 rings (SSSR count). The van der Waals surface area contributed by atoms with Gasteiger partial charge in [0.1, 0.15) is 4.83 Å². The molecule has 0 aliphatic heterocycles. The average molecular weight is 563 g/mol. The van der Waals surface area contributed by atoms with Crippen LogP contribution in [0.1, 0.15) is 58.5 Å². The Morgan fingerprint density at radius 3 is 2.62 bits per heavy atom. The summed E-state index contributed by atoms with van der Waals surface area (Å²) in [6.07, 6.45) is 6.07. The average Bonchev–Trinajstić information content (AvgIpc) is 3.29. The third kappa shape index (κ3) is 6.23. The number of thioether (sulfide) groups is 1. The zero-order chi connectivity index (χ0) is 27.4. The minimum absolute atomic E-state index is 0.0282. The fraction of sp³-hybridized carbons (Fsp3) is 0.345. The number of carbonyl (C=O) groups excluding carboxylic acids is 1. The summed E-state index contributed by atoms with van der Waals surface area (Å²) in [4.78, 5) is 43.8. The van der Waals surface area contributed by atoms with Crippen LogP contribution in [0.3, 0.4) is 0 Å². The Hall–Kier alpha value is -3.50. The quantitative estimate of drug-likeness (QED) is 0.111. The first-order valence-electron chi connectivity index (χ1n) is 13.2. The maximum Gasteiger partial charge on any atom is 0.269 e. The number of aromatic nitrogens is 2. The molecule has 2 heterocycles. The van der Waals surface area contributed by atoms with Crippen molar-refractivity contribution in [3.05, 3.63) is 96.6 Å². The van der Waals surface area contributed by atoms with Crippen molar-refractivity contribution in [1.82, 2.24) is 14.9 Å². The normalized spacial score (nSPS) is 14.0. The van der Waals surface area contributed by atoms with Gasteiger partial charge in [0, 0.05) is 30.5 Å². The van der Waals surface area contributed by atoms with E-state index in [1.165, 1.54) is 35.6 Å². The van der Waals surface area contributed by atoms with Crippen molar-refractivity contribution < 1.29 is 9.72 Å². The maximum atomic E-state index is 13.9. The van der Waals surface area contributed by atoms with Crippen molar-refractivity contribution in [3.8, 4) is 0 Å². The molecule has 39 heavy (non-hydrogen) atoms. The molecule has 1 aliphatic carbocycles. The Labute approximate surface area is 234 Å². The lowest BCUT2D eigenvalue weighted by atomic mass is 9.95. The highest BCUT2D eigenvalue weighted by atomic mass is 32.2. The summed E-state index contributed by atoms with van der Waals surface area (Å²) in [6.45, 7) is 2.26. The summed E-state index contributed by atoms with van der Waals surface area (Å²) in [5, 5.41) is 15.4. The van der Waals surface area contributed by atoms with Gasteiger partial charge in [-0.15, -0.1) is 11.3 Å². The standard InChI is InChI=1S/C29H30N4O4S2/c1-19-24-27(39-25(19)26(34)30-22-12-6-3-7-13-22)31-29(38-18-21-11-8-14-23(17-21)33(36)37)32(28(24)35)16-15-20-9-4-2-5-10-20/h2,4-5,8-11,14,17,22H,3,6-7,12-13,15-16,18H2,1H3,(H,30,34). The number of nitrogens with one attached hydrogen (secondary N) is 1. The molecule has 2 aromatic heterocycles. The predicted octanol–water partition coefficient (Wildman–Crippen LogP) is 6.27. The summed E-state index contributed by atoms with van der Waals surface area (Å²) in [5.74, 6) is 0.285. The van der Waals surface area contributed by atoms with Gasteiger partial charge in [-0.25, -0.2) is 4.98 Å². The van der Waals surface area contributed by atoms with Gasteiger partial charge < -0.3 is 5.32 Å². The lowest BCUT2D eigenvalue weighted by molar-refractivity contribution is -0.384. The van der Waals surface area contributed by atoms with E-state index in [9.17, 15) is 19.7 Å². The van der Waals surface area contributed by atoms with Crippen molar-refractivity contribution in [2.24, 2.45) is 0 Å². The van der Waals surface area contributed by atoms with Crippen LogP contribution >= 0.6 is 23.1 Å². The number of nitrogens with zero attached hydrogens (tertiary/aromatic N) is 3. The summed E-state index contributed by atoms with van der Waals surface area (Å²) in [5.41, 5.74) is 2.41. The molecule has 0 unspecified atom stereocenters. The zero-order valence-electron chi connectivity index (χ0n) is 21.7. The summed E-state index contributed by atoms with van der Waals surface area (Å²) in [6, 6.07) is 16.6. The number of nitro benzene ring substituents is 1. The van der Waals surface area contributed by atoms with E-state index < -0.39 is 4.92 Å². The third-order valence-corrected chi connectivity index (χ3v) is 9.35. The highest BCUT2D eigenvalue weighted by Gasteiger charge is 2.24. The molecule has 0 saturated heterocycles. The number of rotatable bonds is 9. The van der Waals surface area contributed by atoms with E-state index in [1.54, 1.807) is 16.7 Å². The highest BCUT2D eigenvalue weighted by Crippen LogP contribution is 2.31. The van der Waals surface area contributed by atoms with E-state index in [1.807, 2.05) is 43.3 Å². The lowest BCUT2D eigenvalue weighted by Gasteiger charge is -2.22. The second kappa shape index (κ2) is 12.1. The van der Waals surface area contributed by atoms with Crippen LogP contribution in [-0.2, 0) is 18.7 Å². The molecule has 1 N–H and O–H groups in total. The molecule has 0 bridgehead atoms. The lowest BCUT2D eigenvalue weighted by Crippen LogP contribution is -2.36. The molecule has 0 spiro atoms. The molecule has 1 aliphatic rings. The summed E-state index contributed by atoms with van der Waals surface area (Å²) in [7, 11) is 0. The van der Waals surface area contributed by atoms with Gasteiger partial charge in [-0.2, -0.15) is 0 Å². The Balaban J connectivity index is 1.48. The first kappa shape index (κ1) is 27.1. The van der Waals surface area contributed by atoms with Crippen molar-refractivity contribution >= 4 is 44.9 Å². The predicted molar refractivity (Wildman–Crippen MR) is 156 cm³/mol. The molecule has 4 aromatic rings. The monoisotopic (exact) mass is 562 g/mol. The minimum atomic E-state index is -0.414. The maximum absolute atomic E-state index is 13.9. The molecule has 202 valence electrons. The number of amides is 1. The van der Waals surface area contributed by atoms with E-state index >= 15 is 0 Å². The van der Waals surface area contributed by atoms with Gasteiger partial charge in [-0.3, -0.25) is 24.3 Å². The largest absolute Gasteiger partial charge is 0.349 e. The van der Waals surface area contributed by atoms with Crippen molar-refractivity contribution in [3.63, 3.8) is 0 Å². The molecular weight excluding hydrogens is 532 g/mol. The Bertz CT molecular complexity index is 1560. The number of non-ortho nitro benzene ring substituents is 1. The number of thiophene rings is 1. The van der Waals surface area contributed by atoms with Crippen molar-refractivity contribution in [2.45, 2.75) is 68.9 Å². The number of hydrogen-bond acceptors (Lipinski definition) is 7. The topological polar surface area (TPSA) is 107 Å². The molecule has 1 fully saturated rings. The van der Waals surface area contributed by atoms with Gasteiger partial charge >= 0.3 is 0 Å². The Morgan fingerprint density at radius 2 is 1.87 bits per heavy atom. The number of hydrogen-bond donors (Lipinski definition) is 1. The van der Waals surface area contributed by atoms with Crippen LogP contribution in [-0.4, -0.2) is 26.4 Å². The highest BCUT2D eigenvalue weighted by molar-refractivity contribution is 7.98. The van der Waals surface area contributed by atoms with Gasteiger partial charge in [0.15, 0.2) is 5.16 Å². The molecule has 8 nitrogen and oxygen atoms in total. The molecule has 1 amide bonds. The van der Waals surface area contributed by atoms with Gasteiger partial charge in [0.2, 0.25) is 0 Å². The summed E-state index contributed by atoms with van der Waals surface area (Å²) < 4.78 is 1.68. The number of nitro groups is 1. The van der Waals surface area contributed by atoms with Crippen LogP contribution in [0, 0.1) is 17.0 Å². The van der Waals surface area contributed by atoms with E-state index in [-0.39, 0.29) is 23.2 Å². The molecule has 2 aromatic carbocycles. The summed E-state index contributed by atoms with van der Waals surface area (Å²) >= 11 is 2.63. The van der Waals surface area contributed by atoms with E-state index in [2.05, 4.69) is 5.32 Å². The van der Waals surface area contributed by atoms with Gasteiger partial charge in [-0.1, -0.05) is 73.5 Å². The van der Waals surface area contributed by atoms with Crippen LogP contribution < -0.4 is 10.9 Å².